The molecule has 15 heteroatoms. The van der Waals surface area contributed by atoms with Gasteiger partial charge in [-0.05, 0) is 64.1 Å². The molecule has 0 saturated carbocycles. The first kappa shape index (κ1) is 37.8. The Morgan fingerprint density at radius 2 is 1.78 bits per heavy atom. The number of nitrogens with zero attached hydrogens (tertiary/aromatic N) is 4. The number of anilines is 2. The van der Waals surface area contributed by atoms with Crippen molar-refractivity contribution in [2.75, 3.05) is 63.5 Å². The highest BCUT2D eigenvalue weighted by molar-refractivity contribution is 6.34. The molecule has 2 aromatic carbocycles. The Balaban J connectivity index is 1.23. The molecule has 2 atom stereocenters. The third-order valence-corrected chi connectivity index (χ3v) is 8.68. The van der Waals surface area contributed by atoms with Gasteiger partial charge in [0.25, 0.3) is 17.4 Å². The first-order valence-corrected chi connectivity index (χ1v) is 17.3. The number of fused-ring (bicyclic) bond motifs is 1. The number of aromatic nitrogens is 3. The summed E-state index contributed by atoms with van der Waals surface area (Å²) in [5.41, 5.74) is 0.230. The number of aromatic amines is 1. The molecule has 1 aliphatic rings. The van der Waals surface area contributed by atoms with Gasteiger partial charge >= 0.3 is 0 Å². The number of H-pyrrole nitrogens is 1. The largest absolute Gasteiger partial charge is 0.356 e. The summed E-state index contributed by atoms with van der Waals surface area (Å²) >= 11 is 6.42. The van der Waals surface area contributed by atoms with E-state index in [2.05, 4.69) is 53.1 Å². The fraction of sp³-hybridized carbons (Fsp3) is 0.417. The van der Waals surface area contributed by atoms with Crippen LogP contribution in [-0.4, -0.2) is 107 Å². The van der Waals surface area contributed by atoms with E-state index in [1.807, 2.05) is 51.1 Å². The van der Waals surface area contributed by atoms with E-state index in [4.69, 9.17) is 16.3 Å². The summed E-state index contributed by atoms with van der Waals surface area (Å²) in [4.78, 5) is 55.9. The smallest absolute Gasteiger partial charge is 0.262 e. The molecule has 4 aromatic rings. The average Bonchev–Trinajstić information content (AvgIpc) is 3.08. The minimum absolute atomic E-state index is 0.158. The highest BCUT2D eigenvalue weighted by atomic mass is 35.5. The van der Waals surface area contributed by atoms with Gasteiger partial charge in [-0.2, -0.15) is 4.98 Å². The molecule has 1 aliphatic heterocycles. The molecule has 1 saturated heterocycles. The van der Waals surface area contributed by atoms with Gasteiger partial charge in [-0.1, -0.05) is 41.9 Å². The number of amides is 2. The van der Waals surface area contributed by atoms with E-state index in [0.717, 1.165) is 38.3 Å². The summed E-state index contributed by atoms with van der Waals surface area (Å²) in [5.74, 6) is -0.739. The number of hydrogen-bond donors (Lipinski definition) is 6. The van der Waals surface area contributed by atoms with Crippen molar-refractivity contribution in [2.45, 2.75) is 45.2 Å². The maximum atomic E-state index is 13.5. The predicted octanol–water partition coefficient (Wildman–Crippen LogP) is 3.42. The van der Waals surface area contributed by atoms with Gasteiger partial charge < -0.3 is 35.7 Å². The lowest BCUT2D eigenvalue weighted by Crippen LogP contribution is -2.45. The Morgan fingerprint density at radius 3 is 2.51 bits per heavy atom. The van der Waals surface area contributed by atoms with Crippen molar-refractivity contribution in [1.82, 2.24) is 35.4 Å². The van der Waals surface area contributed by atoms with Crippen LogP contribution in [0.1, 0.15) is 59.5 Å². The number of carbonyl (C=O) groups excluding carboxylic acids is 2. The van der Waals surface area contributed by atoms with Gasteiger partial charge in [-0.15, -0.1) is 0 Å². The van der Waals surface area contributed by atoms with Crippen molar-refractivity contribution in [2.24, 2.45) is 0 Å². The number of piperazine rings is 1. The number of benzene rings is 2. The molecule has 0 aliphatic carbocycles. The number of carbonyl (C=O) groups is 2. The van der Waals surface area contributed by atoms with Crippen LogP contribution >= 0.6 is 11.6 Å². The highest BCUT2D eigenvalue weighted by Crippen LogP contribution is 2.25. The second kappa shape index (κ2) is 17.2. The topological polar surface area (TPSA) is 177 Å². The van der Waals surface area contributed by atoms with Crippen molar-refractivity contribution in [1.29, 1.82) is 0 Å². The van der Waals surface area contributed by atoms with E-state index in [1.54, 1.807) is 12.3 Å². The van der Waals surface area contributed by atoms with E-state index in [9.17, 15) is 19.5 Å². The van der Waals surface area contributed by atoms with Gasteiger partial charge in [0.05, 0.1) is 22.4 Å². The lowest BCUT2D eigenvalue weighted by atomic mass is 10.0. The molecule has 0 bridgehead atoms. The van der Waals surface area contributed by atoms with E-state index < -0.39 is 35.4 Å². The molecule has 2 unspecified atom stereocenters. The van der Waals surface area contributed by atoms with Gasteiger partial charge in [0.15, 0.2) is 0 Å². The third kappa shape index (κ3) is 11.0. The lowest BCUT2D eigenvalue weighted by Gasteiger charge is -2.32. The van der Waals surface area contributed by atoms with Crippen LogP contribution in [0.2, 0.25) is 5.02 Å². The quantitative estimate of drug-likeness (QED) is 0.105. The molecular formula is C36H46ClN9O5. The number of ether oxygens (including phenoxy) is 1. The van der Waals surface area contributed by atoms with Crippen molar-refractivity contribution >= 4 is 46.1 Å². The number of rotatable bonds is 14. The number of pyridine rings is 1. The van der Waals surface area contributed by atoms with Crippen LogP contribution in [-0.2, 0) is 4.74 Å². The van der Waals surface area contributed by atoms with Crippen molar-refractivity contribution < 1.29 is 19.4 Å². The van der Waals surface area contributed by atoms with Gasteiger partial charge in [0.1, 0.15) is 11.2 Å². The van der Waals surface area contributed by atoms with E-state index in [1.165, 1.54) is 18.2 Å². The monoisotopic (exact) mass is 719 g/mol. The first-order valence-electron chi connectivity index (χ1n) is 17.0. The maximum absolute atomic E-state index is 13.5. The molecular weight excluding hydrogens is 674 g/mol. The minimum Gasteiger partial charge on any atom is -0.356 e. The van der Waals surface area contributed by atoms with Gasteiger partial charge in [-0.3, -0.25) is 24.6 Å². The number of likely N-dealkylation sites (N-methyl/N-ethyl adjacent to an activating group) is 1. The van der Waals surface area contributed by atoms with Crippen molar-refractivity contribution in [3.8, 4) is 0 Å². The van der Waals surface area contributed by atoms with E-state index in [0.29, 0.717) is 36.5 Å². The van der Waals surface area contributed by atoms with Crippen LogP contribution in [0.3, 0.4) is 0 Å². The number of halogens is 1. The first-order chi connectivity index (χ1) is 24.3. The van der Waals surface area contributed by atoms with E-state index in [-0.39, 0.29) is 21.8 Å². The van der Waals surface area contributed by atoms with Crippen LogP contribution in [0.5, 0.6) is 0 Å². The van der Waals surface area contributed by atoms with Crippen LogP contribution in [0, 0.1) is 0 Å². The number of aliphatic hydroxyl groups excluding tert-OH is 1. The van der Waals surface area contributed by atoms with E-state index >= 15 is 0 Å². The molecule has 6 N–H and O–H groups in total. The average molecular weight is 720 g/mol. The Kier molecular flexibility index (Phi) is 12.7. The molecule has 51 heavy (non-hydrogen) atoms. The normalized spacial score (nSPS) is 15.3. The summed E-state index contributed by atoms with van der Waals surface area (Å²) in [7, 11) is 2.12. The summed E-state index contributed by atoms with van der Waals surface area (Å²) in [6.45, 7) is 11.4. The lowest BCUT2D eigenvalue weighted by molar-refractivity contribution is -0.181. The molecule has 272 valence electrons. The standard InChI is InChI=1S/C36H46ClN9O5/c1-36(2,3)51-35(50)39-13-12-28(23-8-6-5-7-9-23)41-31(47)24-10-11-27(37)29(21-24)42-32(48)26-20-25-22-40-34(44-30(25)43-33(26)49)38-14-15-46-18-16-45(4)17-19-46/h5-11,20-22,28,35,39,50H,12-19H2,1-4H3,(H,41,47)(H,42,48)(H2,38,40,43,44,49). The summed E-state index contributed by atoms with van der Waals surface area (Å²) in [6, 6.07) is 15.0. The second-order valence-corrected chi connectivity index (χ2v) is 13.9. The summed E-state index contributed by atoms with van der Waals surface area (Å²) in [6.07, 6.45) is 0.820. The molecule has 1 fully saturated rings. The predicted molar refractivity (Wildman–Crippen MR) is 198 cm³/mol. The maximum Gasteiger partial charge on any atom is 0.262 e. The van der Waals surface area contributed by atoms with Gasteiger partial charge in [0, 0.05) is 63.0 Å². The Bertz CT molecular complexity index is 1860. The number of aliphatic hydroxyl groups is 1. The molecule has 0 radical (unpaired) electrons. The molecule has 5 rings (SSSR count). The zero-order valence-electron chi connectivity index (χ0n) is 29.3. The fourth-order valence-corrected chi connectivity index (χ4v) is 5.74. The highest BCUT2D eigenvalue weighted by Gasteiger charge is 2.21. The minimum atomic E-state index is -1.17. The van der Waals surface area contributed by atoms with Gasteiger partial charge in [0.2, 0.25) is 12.4 Å². The molecule has 14 nitrogen and oxygen atoms in total. The van der Waals surface area contributed by atoms with Gasteiger partial charge in [-0.25, -0.2) is 4.98 Å². The second-order valence-electron chi connectivity index (χ2n) is 13.5. The SMILES string of the molecule is CN1CCN(CCNc2ncc3cc(C(=O)Nc4cc(C(=O)NC(CCNC(O)OC(C)(C)C)c5ccccc5)ccc4Cl)c(=O)[nH]c3n2)CC1. The summed E-state index contributed by atoms with van der Waals surface area (Å²) < 4.78 is 5.51. The zero-order valence-corrected chi connectivity index (χ0v) is 30.1. The van der Waals surface area contributed by atoms with Crippen LogP contribution in [0.25, 0.3) is 11.0 Å². The molecule has 3 heterocycles. The number of hydrogen-bond acceptors (Lipinski definition) is 11. The molecule has 2 amide bonds. The molecule has 2 aromatic heterocycles. The fourth-order valence-electron chi connectivity index (χ4n) is 5.57. The Hall–Kier alpha value is -4.44. The van der Waals surface area contributed by atoms with Crippen LogP contribution < -0.4 is 26.8 Å². The number of nitrogens with one attached hydrogen (secondary N) is 5. The Morgan fingerprint density at radius 1 is 1.04 bits per heavy atom. The van der Waals surface area contributed by atoms with Crippen molar-refractivity contribution in [3.05, 3.63) is 92.9 Å². The van der Waals surface area contributed by atoms with Crippen LogP contribution in [0.4, 0.5) is 11.6 Å². The third-order valence-electron chi connectivity index (χ3n) is 8.35. The van der Waals surface area contributed by atoms with Crippen molar-refractivity contribution in [3.63, 3.8) is 0 Å². The molecule has 0 spiro atoms. The zero-order chi connectivity index (χ0) is 36.5. The Labute approximate surface area is 301 Å². The van der Waals surface area contributed by atoms with Crippen LogP contribution in [0.15, 0.2) is 65.6 Å². The summed E-state index contributed by atoms with van der Waals surface area (Å²) in [5, 5.41) is 22.7.